The number of fused-ring (bicyclic) bond motifs is 1. The fourth-order valence-electron chi connectivity index (χ4n) is 5.31. The summed E-state index contributed by atoms with van der Waals surface area (Å²) < 4.78 is 31.1. The van der Waals surface area contributed by atoms with Crippen LogP contribution >= 0.6 is 0 Å². The minimum atomic E-state index is -1.03. The average Bonchev–Trinajstić information content (AvgIpc) is 3.66. The van der Waals surface area contributed by atoms with Gasteiger partial charge in [0.1, 0.15) is 12.8 Å². The highest BCUT2D eigenvalue weighted by atomic mass is 19.1. The lowest BCUT2D eigenvalue weighted by atomic mass is 10.0. The molecule has 10 nitrogen and oxygen atoms in total. The molecule has 2 aromatic heterocycles. The molecule has 0 aromatic carbocycles. The highest BCUT2D eigenvalue weighted by molar-refractivity contribution is 5.81. The SMILES string of the molecule is C#CC1(COC(=O)CCCCCC)CCC(n2cnc3c(N)nc(F)nc32)O1.CCCCCCCCCCCCCC(=O)OC. The Morgan fingerprint density at radius 2 is 1.53 bits per heavy atom. The molecule has 0 spiro atoms. The second-order valence-electron chi connectivity index (χ2n) is 11.8. The van der Waals surface area contributed by atoms with Crippen molar-refractivity contribution in [3.8, 4) is 12.3 Å². The molecule has 2 N–H and O–H groups in total. The zero-order chi connectivity index (χ0) is 32.9. The van der Waals surface area contributed by atoms with E-state index in [1.165, 1.54) is 77.6 Å². The summed E-state index contributed by atoms with van der Waals surface area (Å²) in [4.78, 5) is 34.2. The highest BCUT2D eigenvalue weighted by Gasteiger charge is 2.41. The Hall–Kier alpha value is -3.26. The number of anilines is 1. The maximum Gasteiger partial charge on any atom is 0.312 e. The van der Waals surface area contributed by atoms with Crippen molar-refractivity contribution < 1.29 is 28.2 Å². The van der Waals surface area contributed by atoms with Gasteiger partial charge in [-0.05, 0) is 25.7 Å². The van der Waals surface area contributed by atoms with Crippen molar-refractivity contribution in [2.45, 2.75) is 148 Å². The van der Waals surface area contributed by atoms with Crippen LogP contribution < -0.4 is 5.73 Å². The topological polar surface area (TPSA) is 131 Å². The van der Waals surface area contributed by atoms with Gasteiger partial charge >= 0.3 is 18.0 Å². The summed E-state index contributed by atoms with van der Waals surface area (Å²) in [6, 6.07) is 0. The van der Waals surface area contributed by atoms with Crippen LogP contribution in [0.2, 0.25) is 0 Å². The number of imidazole rings is 1. The van der Waals surface area contributed by atoms with Crippen LogP contribution in [-0.2, 0) is 23.8 Å². The number of carbonyl (C=O) groups excluding carboxylic acids is 2. The molecular weight excluding hydrogens is 577 g/mol. The van der Waals surface area contributed by atoms with E-state index in [4.69, 9.17) is 21.6 Å². The molecule has 1 aliphatic heterocycles. The number of hydrogen-bond donors (Lipinski definition) is 1. The number of esters is 2. The molecule has 2 atom stereocenters. The number of nitrogens with zero attached hydrogens (tertiary/aromatic N) is 4. The first-order valence-corrected chi connectivity index (χ1v) is 16.8. The van der Waals surface area contributed by atoms with Crippen LogP contribution in [0.4, 0.5) is 10.2 Å². The number of hydrogen-bond acceptors (Lipinski definition) is 9. The zero-order valence-corrected chi connectivity index (χ0v) is 27.7. The number of nitrogen functional groups attached to an aromatic ring is 1. The van der Waals surface area contributed by atoms with Crippen molar-refractivity contribution in [2.24, 2.45) is 0 Å². The van der Waals surface area contributed by atoms with E-state index in [0.29, 0.717) is 31.2 Å². The van der Waals surface area contributed by atoms with Gasteiger partial charge in [-0.15, -0.1) is 6.42 Å². The van der Waals surface area contributed by atoms with E-state index in [1.807, 2.05) is 0 Å². The first kappa shape index (κ1) is 37.9. The summed E-state index contributed by atoms with van der Waals surface area (Å²) in [5.74, 6) is 2.21. The number of unbranched alkanes of at least 4 members (excludes halogenated alkanes) is 13. The van der Waals surface area contributed by atoms with Gasteiger partial charge in [0.15, 0.2) is 22.6 Å². The van der Waals surface area contributed by atoms with E-state index in [2.05, 4.69) is 39.5 Å². The molecule has 2 aromatic rings. The number of aromatic nitrogens is 4. The smallest absolute Gasteiger partial charge is 0.312 e. The monoisotopic (exact) mass is 631 g/mol. The summed E-state index contributed by atoms with van der Waals surface area (Å²) in [7, 11) is 1.46. The van der Waals surface area contributed by atoms with Gasteiger partial charge in [0.05, 0.1) is 13.4 Å². The molecule has 0 amide bonds. The van der Waals surface area contributed by atoms with E-state index in [9.17, 15) is 14.0 Å². The third kappa shape index (κ3) is 13.7. The fourth-order valence-corrected chi connectivity index (χ4v) is 5.31. The van der Waals surface area contributed by atoms with E-state index in [1.54, 1.807) is 4.57 Å². The number of methoxy groups -OCH3 is 1. The maximum absolute atomic E-state index is 13.5. The fraction of sp³-hybridized carbons (Fsp3) is 0.735. The normalized spacial score (nSPS) is 17.4. The van der Waals surface area contributed by atoms with E-state index >= 15 is 0 Å². The van der Waals surface area contributed by atoms with E-state index < -0.39 is 17.9 Å². The lowest BCUT2D eigenvalue weighted by molar-refractivity contribution is -0.152. The number of rotatable bonds is 20. The molecule has 1 fully saturated rings. The maximum atomic E-state index is 13.5. The van der Waals surface area contributed by atoms with Gasteiger partial charge in [0.25, 0.3) is 0 Å². The lowest BCUT2D eigenvalue weighted by Gasteiger charge is -2.23. The molecule has 0 aliphatic carbocycles. The molecule has 45 heavy (non-hydrogen) atoms. The minimum absolute atomic E-state index is 0.0231. The first-order chi connectivity index (χ1) is 21.8. The van der Waals surface area contributed by atoms with Crippen molar-refractivity contribution in [1.29, 1.82) is 0 Å². The van der Waals surface area contributed by atoms with Crippen LogP contribution in [0.15, 0.2) is 6.33 Å². The molecule has 0 saturated carbocycles. The van der Waals surface area contributed by atoms with Crippen molar-refractivity contribution in [1.82, 2.24) is 19.5 Å². The molecule has 1 saturated heterocycles. The lowest BCUT2D eigenvalue weighted by Crippen LogP contribution is -2.34. The quantitative estimate of drug-likeness (QED) is 0.0679. The van der Waals surface area contributed by atoms with E-state index in [-0.39, 0.29) is 30.0 Å². The van der Waals surface area contributed by atoms with Crippen molar-refractivity contribution in [2.75, 3.05) is 19.5 Å². The van der Waals surface area contributed by atoms with Crippen LogP contribution in [-0.4, -0.2) is 50.8 Å². The predicted octanol–water partition coefficient (Wildman–Crippen LogP) is 7.60. The Bertz CT molecular complexity index is 1200. The second-order valence-corrected chi connectivity index (χ2v) is 11.8. The molecule has 0 radical (unpaired) electrons. The molecule has 3 heterocycles. The molecule has 0 bridgehead atoms. The van der Waals surface area contributed by atoms with Crippen molar-refractivity contribution >= 4 is 28.9 Å². The number of terminal acetylenes is 1. The van der Waals surface area contributed by atoms with Crippen LogP contribution in [0.1, 0.15) is 142 Å². The summed E-state index contributed by atoms with van der Waals surface area (Å²) >= 11 is 0. The Labute approximate surface area is 268 Å². The Morgan fingerprint density at radius 1 is 0.978 bits per heavy atom. The zero-order valence-electron chi connectivity index (χ0n) is 27.7. The Kier molecular flexibility index (Phi) is 18.1. The third-order valence-electron chi connectivity index (χ3n) is 8.06. The highest BCUT2D eigenvalue weighted by Crippen LogP contribution is 2.38. The largest absolute Gasteiger partial charge is 0.469 e. The summed E-state index contributed by atoms with van der Waals surface area (Å²) in [6.07, 6.45) is 26.1. The van der Waals surface area contributed by atoms with Crippen molar-refractivity contribution in [3.05, 3.63) is 12.4 Å². The van der Waals surface area contributed by atoms with Crippen LogP contribution in [0.3, 0.4) is 0 Å². The van der Waals surface area contributed by atoms with Gasteiger partial charge in [-0.25, -0.2) is 4.98 Å². The standard InChI is InChI=1S/C19H24FN5O3.C15H30O2/c1-3-5-6-7-8-14(26)27-11-19(4-2)10-9-13(28-19)25-12-22-15-16(21)23-18(20)24-17(15)25;1-3-4-5-6-7-8-9-10-11-12-13-14-15(16)17-2/h2,12-13H,3,5-11H2,1H3,(H2,21,23,24);3-14H2,1-2H3. The third-order valence-corrected chi connectivity index (χ3v) is 8.06. The molecule has 1 aliphatic rings. The molecule has 3 rings (SSSR count). The number of ether oxygens (including phenoxy) is 3. The predicted molar refractivity (Wildman–Crippen MR) is 173 cm³/mol. The number of carbonyl (C=O) groups is 2. The summed E-state index contributed by atoms with van der Waals surface area (Å²) in [6.45, 7) is 4.35. The van der Waals surface area contributed by atoms with Gasteiger partial charge in [0, 0.05) is 12.8 Å². The van der Waals surface area contributed by atoms with Crippen LogP contribution in [0.5, 0.6) is 0 Å². The summed E-state index contributed by atoms with van der Waals surface area (Å²) in [5.41, 5.74) is 5.19. The van der Waals surface area contributed by atoms with Gasteiger partial charge in [-0.2, -0.15) is 14.4 Å². The molecule has 2 unspecified atom stereocenters. The van der Waals surface area contributed by atoms with Gasteiger partial charge in [-0.3, -0.25) is 14.2 Å². The second kappa shape index (κ2) is 21.5. The van der Waals surface area contributed by atoms with Crippen LogP contribution in [0.25, 0.3) is 11.2 Å². The number of nitrogens with two attached hydrogens (primary N) is 1. The Morgan fingerprint density at radius 3 is 2.11 bits per heavy atom. The van der Waals surface area contributed by atoms with Gasteiger partial charge in [0.2, 0.25) is 0 Å². The van der Waals surface area contributed by atoms with Gasteiger partial charge < -0.3 is 19.9 Å². The molecular formula is C34H54FN5O5. The number of halogens is 1. The first-order valence-electron chi connectivity index (χ1n) is 16.8. The van der Waals surface area contributed by atoms with Crippen LogP contribution in [0, 0.1) is 18.4 Å². The minimum Gasteiger partial charge on any atom is -0.469 e. The van der Waals surface area contributed by atoms with Gasteiger partial charge in [-0.1, -0.05) is 103 Å². The van der Waals surface area contributed by atoms with Crippen molar-refractivity contribution in [3.63, 3.8) is 0 Å². The van der Waals surface area contributed by atoms with E-state index in [0.717, 1.165) is 32.1 Å². The summed E-state index contributed by atoms with van der Waals surface area (Å²) in [5, 5.41) is 0. The molecule has 11 heteroatoms. The molecule has 252 valence electrons. The Balaban J connectivity index is 0.000000358. The average molecular weight is 632 g/mol.